The van der Waals surface area contributed by atoms with Gasteiger partial charge < -0.3 is 9.84 Å². The maximum atomic E-state index is 13.4. The highest BCUT2D eigenvalue weighted by Gasteiger charge is 2.79. The predicted molar refractivity (Wildman–Crippen MR) is 56.3 cm³/mol. The first-order valence-corrected chi connectivity index (χ1v) is 5.66. The fraction of sp³-hybridized carbons (Fsp3) is 0.818. The summed E-state index contributed by atoms with van der Waals surface area (Å²) in [5, 5.41) is 8.86. The summed E-state index contributed by atoms with van der Waals surface area (Å²) in [6.07, 6.45) is -0.876. The Balaban J connectivity index is 2.12. The number of amides is 1. The van der Waals surface area contributed by atoms with Crippen molar-refractivity contribution >= 4 is 12.1 Å². The van der Waals surface area contributed by atoms with Crippen molar-refractivity contribution in [3.8, 4) is 0 Å². The molecule has 2 aliphatic rings. The van der Waals surface area contributed by atoms with E-state index in [1.165, 1.54) is 0 Å². The van der Waals surface area contributed by atoms with Gasteiger partial charge in [0.05, 0.1) is 11.8 Å². The molecule has 1 N–H and O–H groups in total. The van der Waals surface area contributed by atoms with E-state index in [0.29, 0.717) is 0 Å². The molecule has 5 nitrogen and oxygen atoms in total. The predicted octanol–water partition coefficient (Wildman–Crippen LogP) is 1.57. The standard InChI is InChI=1S/C11H15F2NO4/c1-10(2,3)18-9(17)14-4-5(8(15)16)6-7(14)11(6,12)13/h5-7H,4H2,1-3H3,(H,15,16)/t5-,6+,7+/m0/s1. The molecule has 0 unspecified atom stereocenters. The van der Waals surface area contributed by atoms with Crippen molar-refractivity contribution in [2.24, 2.45) is 11.8 Å². The smallest absolute Gasteiger partial charge is 0.410 e. The summed E-state index contributed by atoms with van der Waals surface area (Å²) in [5.74, 6) is -6.90. The third-order valence-corrected chi connectivity index (χ3v) is 3.18. The van der Waals surface area contributed by atoms with Crippen LogP contribution in [0.5, 0.6) is 0 Å². The zero-order chi connectivity index (χ0) is 13.9. The Bertz CT molecular complexity index is 404. The lowest BCUT2D eigenvalue weighted by Gasteiger charge is -2.26. The minimum absolute atomic E-state index is 0.213. The van der Waals surface area contributed by atoms with Gasteiger partial charge in [0.2, 0.25) is 0 Å². The van der Waals surface area contributed by atoms with E-state index in [-0.39, 0.29) is 6.54 Å². The number of likely N-dealkylation sites (tertiary alicyclic amines) is 1. The second kappa shape index (κ2) is 3.55. The maximum absolute atomic E-state index is 13.4. The molecular formula is C11H15F2NO4. The molecule has 1 saturated heterocycles. The summed E-state index contributed by atoms with van der Waals surface area (Å²) in [6, 6.07) is -1.33. The second-order valence-electron chi connectivity index (χ2n) is 5.72. The number of alkyl halides is 2. The molecule has 0 bridgehead atoms. The fourth-order valence-electron chi connectivity index (χ4n) is 2.40. The third-order valence-electron chi connectivity index (χ3n) is 3.18. The minimum Gasteiger partial charge on any atom is -0.481 e. The Morgan fingerprint density at radius 2 is 1.94 bits per heavy atom. The van der Waals surface area contributed by atoms with Crippen LogP contribution in [0.2, 0.25) is 0 Å². The van der Waals surface area contributed by atoms with Crippen molar-refractivity contribution < 1.29 is 28.2 Å². The largest absolute Gasteiger partial charge is 0.481 e. The Labute approximate surface area is 103 Å². The van der Waals surface area contributed by atoms with E-state index >= 15 is 0 Å². The van der Waals surface area contributed by atoms with Gasteiger partial charge in [-0.25, -0.2) is 13.6 Å². The molecule has 1 heterocycles. The van der Waals surface area contributed by atoms with Crippen LogP contribution in [0, 0.1) is 11.8 Å². The second-order valence-corrected chi connectivity index (χ2v) is 5.72. The van der Waals surface area contributed by atoms with E-state index in [4.69, 9.17) is 9.84 Å². The number of carbonyl (C=O) groups is 2. The molecule has 0 aromatic carbocycles. The molecule has 1 amide bonds. The van der Waals surface area contributed by atoms with Crippen LogP contribution in [-0.4, -0.2) is 46.2 Å². The third kappa shape index (κ3) is 1.91. The lowest BCUT2D eigenvalue weighted by Crippen LogP contribution is -2.41. The molecule has 2 fully saturated rings. The Morgan fingerprint density at radius 3 is 2.33 bits per heavy atom. The summed E-state index contributed by atoms with van der Waals surface area (Å²) >= 11 is 0. The first kappa shape index (κ1) is 13.0. The van der Waals surface area contributed by atoms with Gasteiger partial charge in [0.1, 0.15) is 11.6 Å². The van der Waals surface area contributed by atoms with Crippen LogP contribution in [-0.2, 0) is 9.53 Å². The molecule has 0 aromatic rings. The van der Waals surface area contributed by atoms with Gasteiger partial charge in [0.15, 0.2) is 0 Å². The van der Waals surface area contributed by atoms with E-state index in [9.17, 15) is 18.4 Å². The molecule has 1 aliphatic heterocycles. The Hall–Kier alpha value is -1.40. The maximum Gasteiger partial charge on any atom is 0.410 e. The molecule has 2 rings (SSSR count). The van der Waals surface area contributed by atoms with Crippen LogP contribution < -0.4 is 0 Å². The number of hydrogen-bond acceptors (Lipinski definition) is 3. The molecule has 7 heteroatoms. The molecule has 0 aromatic heterocycles. The molecular weight excluding hydrogens is 248 g/mol. The number of fused-ring (bicyclic) bond motifs is 1. The van der Waals surface area contributed by atoms with Crippen LogP contribution in [0.4, 0.5) is 13.6 Å². The summed E-state index contributed by atoms with van der Waals surface area (Å²) in [5.41, 5.74) is -0.794. The van der Waals surface area contributed by atoms with E-state index in [2.05, 4.69) is 0 Å². The highest BCUT2D eigenvalue weighted by molar-refractivity contribution is 5.77. The molecule has 1 aliphatic carbocycles. The monoisotopic (exact) mass is 263 g/mol. The highest BCUT2D eigenvalue weighted by Crippen LogP contribution is 2.60. The average molecular weight is 263 g/mol. The van der Waals surface area contributed by atoms with Gasteiger partial charge in [-0.1, -0.05) is 0 Å². The van der Waals surface area contributed by atoms with E-state index in [1.54, 1.807) is 20.8 Å². The van der Waals surface area contributed by atoms with Crippen molar-refractivity contribution in [1.29, 1.82) is 0 Å². The molecule has 3 atom stereocenters. The number of hydrogen-bond donors (Lipinski definition) is 1. The zero-order valence-electron chi connectivity index (χ0n) is 10.3. The Kier molecular flexibility index (Phi) is 2.57. The van der Waals surface area contributed by atoms with Crippen LogP contribution in [0.25, 0.3) is 0 Å². The number of carboxylic acids is 1. The molecule has 1 saturated carbocycles. The topological polar surface area (TPSA) is 66.8 Å². The summed E-state index contributed by atoms with van der Waals surface area (Å²) < 4.78 is 31.8. The summed E-state index contributed by atoms with van der Waals surface area (Å²) in [4.78, 5) is 23.4. The number of nitrogens with zero attached hydrogens (tertiary/aromatic N) is 1. The Morgan fingerprint density at radius 1 is 1.39 bits per heavy atom. The summed E-state index contributed by atoms with van der Waals surface area (Å²) in [7, 11) is 0. The lowest BCUT2D eigenvalue weighted by molar-refractivity contribution is -0.143. The first-order valence-electron chi connectivity index (χ1n) is 5.66. The highest BCUT2D eigenvalue weighted by atomic mass is 19.3. The van der Waals surface area contributed by atoms with Gasteiger partial charge in [0.25, 0.3) is 5.92 Å². The van der Waals surface area contributed by atoms with Crippen LogP contribution in [0.3, 0.4) is 0 Å². The van der Waals surface area contributed by atoms with Crippen LogP contribution in [0.1, 0.15) is 20.8 Å². The number of halogens is 2. The number of rotatable bonds is 1. The van der Waals surface area contributed by atoms with Gasteiger partial charge in [-0.2, -0.15) is 0 Å². The van der Waals surface area contributed by atoms with Crippen LogP contribution >= 0.6 is 0 Å². The number of carbonyl (C=O) groups excluding carboxylic acids is 1. The van der Waals surface area contributed by atoms with E-state index in [1.807, 2.05) is 0 Å². The number of piperidine rings is 1. The van der Waals surface area contributed by atoms with Crippen LogP contribution in [0.15, 0.2) is 0 Å². The quantitative estimate of drug-likeness (QED) is 0.779. The lowest BCUT2D eigenvalue weighted by atomic mass is 10.1. The molecule has 18 heavy (non-hydrogen) atoms. The summed E-state index contributed by atoms with van der Waals surface area (Å²) in [6.45, 7) is 4.66. The number of carboxylic acid groups (broad SMARTS) is 1. The average Bonchev–Trinajstić information content (AvgIpc) is 2.58. The molecule has 102 valence electrons. The van der Waals surface area contributed by atoms with Gasteiger partial charge in [-0.15, -0.1) is 0 Å². The van der Waals surface area contributed by atoms with E-state index < -0.39 is 41.5 Å². The minimum atomic E-state index is -3.11. The van der Waals surface area contributed by atoms with Crippen molar-refractivity contribution in [1.82, 2.24) is 4.90 Å². The first-order chi connectivity index (χ1) is 8.05. The van der Waals surface area contributed by atoms with Crippen molar-refractivity contribution in [3.63, 3.8) is 0 Å². The van der Waals surface area contributed by atoms with Crippen molar-refractivity contribution in [3.05, 3.63) is 0 Å². The van der Waals surface area contributed by atoms with Gasteiger partial charge >= 0.3 is 12.1 Å². The van der Waals surface area contributed by atoms with Crippen molar-refractivity contribution in [2.75, 3.05) is 6.54 Å². The van der Waals surface area contributed by atoms with Gasteiger partial charge in [-0.05, 0) is 20.8 Å². The fourth-order valence-corrected chi connectivity index (χ4v) is 2.40. The number of ether oxygens (including phenoxy) is 1. The number of aliphatic carboxylic acids is 1. The van der Waals surface area contributed by atoms with Gasteiger partial charge in [0, 0.05) is 6.54 Å². The normalized spacial score (nSPS) is 32.9. The zero-order valence-corrected chi connectivity index (χ0v) is 10.3. The molecule has 0 spiro atoms. The van der Waals surface area contributed by atoms with Gasteiger partial charge in [-0.3, -0.25) is 9.69 Å². The van der Waals surface area contributed by atoms with E-state index in [0.717, 1.165) is 4.90 Å². The van der Waals surface area contributed by atoms with Crippen molar-refractivity contribution in [2.45, 2.75) is 38.3 Å². The molecule has 0 radical (unpaired) electrons. The SMILES string of the molecule is CC(C)(C)OC(=O)N1C[C@H](C(=O)O)[C@@H]2[C@@H]1C2(F)F.